The lowest BCUT2D eigenvalue weighted by Crippen LogP contribution is -2.24. The average molecular weight is 255 g/mol. The van der Waals surface area contributed by atoms with Gasteiger partial charge in [0.1, 0.15) is 0 Å². The molecule has 0 fully saturated rings. The lowest BCUT2D eigenvalue weighted by atomic mass is 9.87. The molecule has 0 aliphatic heterocycles. The van der Waals surface area contributed by atoms with E-state index in [1.807, 2.05) is 0 Å². The molecule has 0 bridgehead atoms. The Kier molecular flexibility index (Phi) is 4.26. The van der Waals surface area contributed by atoms with Crippen LogP contribution in [0.1, 0.15) is 39.2 Å². The van der Waals surface area contributed by atoms with Crippen LogP contribution in [0.3, 0.4) is 0 Å². The van der Waals surface area contributed by atoms with Gasteiger partial charge in [-0.3, -0.25) is 0 Å². The van der Waals surface area contributed by atoms with Gasteiger partial charge in [0, 0.05) is 6.04 Å². The van der Waals surface area contributed by atoms with Gasteiger partial charge in [0.15, 0.2) is 0 Å². The Morgan fingerprint density at radius 1 is 1.00 bits per heavy atom. The molecule has 0 aliphatic carbocycles. The van der Waals surface area contributed by atoms with Crippen molar-refractivity contribution in [2.75, 3.05) is 0 Å². The Hall–Kier alpha value is -1.34. The molecule has 2 aromatic carbocycles. The van der Waals surface area contributed by atoms with Crippen LogP contribution in [-0.2, 0) is 6.42 Å². The van der Waals surface area contributed by atoms with Crippen molar-refractivity contribution in [3.8, 4) is 0 Å². The normalized spacial score (nSPS) is 13.7. The molecular formula is C18H25N. The van der Waals surface area contributed by atoms with E-state index in [4.69, 9.17) is 5.73 Å². The highest BCUT2D eigenvalue weighted by Crippen LogP contribution is 2.22. The number of benzene rings is 2. The molecule has 0 saturated heterocycles. The third-order valence-electron chi connectivity index (χ3n) is 3.58. The largest absolute Gasteiger partial charge is 0.327 e. The molecule has 0 amide bonds. The van der Waals surface area contributed by atoms with Gasteiger partial charge in [-0.25, -0.2) is 0 Å². The summed E-state index contributed by atoms with van der Waals surface area (Å²) in [5.74, 6) is 0. The lowest BCUT2D eigenvalue weighted by Gasteiger charge is -2.21. The minimum atomic E-state index is 0.264. The van der Waals surface area contributed by atoms with Gasteiger partial charge in [0.25, 0.3) is 0 Å². The Balaban J connectivity index is 2.00. The number of rotatable bonds is 4. The first-order chi connectivity index (χ1) is 8.94. The van der Waals surface area contributed by atoms with Crippen molar-refractivity contribution in [3.05, 3.63) is 48.0 Å². The molecule has 0 saturated carbocycles. The fourth-order valence-corrected chi connectivity index (χ4v) is 2.39. The van der Waals surface area contributed by atoms with Crippen LogP contribution in [-0.4, -0.2) is 6.04 Å². The van der Waals surface area contributed by atoms with Crippen LogP contribution in [0.2, 0.25) is 0 Å². The molecular weight excluding hydrogens is 230 g/mol. The number of hydrogen-bond acceptors (Lipinski definition) is 1. The molecule has 0 aromatic heterocycles. The third kappa shape index (κ3) is 4.36. The van der Waals surface area contributed by atoms with E-state index in [0.717, 1.165) is 12.8 Å². The van der Waals surface area contributed by atoms with Crippen LogP contribution in [0, 0.1) is 5.41 Å². The molecule has 1 heteroatoms. The highest BCUT2D eigenvalue weighted by Gasteiger charge is 2.13. The van der Waals surface area contributed by atoms with Crippen molar-refractivity contribution in [1.29, 1.82) is 0 Å². The topological polar surface area (TPSA) is 26.0 Å². The number of hydrogen-bond donors (Lipinski definition) is 1. The van der Waals surface area contributed by atoms with Crippen LogP contribution in [0.25, 0.3) is 10.8 Å². The predicted octanol–water partition coefficient (Wildman–Crippen LogP) is 4.54. The maximum atomic E-state index is 6.26. The molecule has 2 rings (SSSR count). The van der Waals surface area contributed by atoms with Crippen molar-refractivity contribution < 1.29 is 0 Å². The summed E-state index contributed by atoms with van der Waals surface area (Å²) in [7, 11) is 0. The van der Waals surface area contributed by atoms with Crippen LogP contribution < -0.4 is 5.73 Å². The Bertz CT molecular complexity index is 537. The molecule has 1 unspecified atom stereocenters. The van der Waals surface area contributed by atoms with Crippen LogP contribution in [0.5, 0.6) is 0 Å². The molecule has 2 aromatic rings. The second-order valence-electron chi connectivity index (χ2n) is 6.75. The smallest absolute Gasteiger partial charge is 0.00795 e. The van der Waals surface area contributed by atoms with Gasteiger partial charge in [-0.1, -0.05) is 63.2 Å². The van der Waals surface area contributed by atoms with E-state index in [0.29, 0.717) is 5.41 Å². The predicted molar refractivity (Wildman–Crippen MR) is 84.3 cm³/mol. The molecule has 0 radical (unpaired) electrons. The fraction of sp³-hybridized carbons (Fsp3) is 0.444. The fourth-order valence-electron chi connectivity index (χ4n) is 2.39. The van der Waals surface area contributed by atoms with E-state index in [1.54, 1.807) is 0 Å². The molecule has 102 valence electrons. The monoisotopic (exact) mass is 255 g/mol. The first kappa shape index (κ1) is 14.1. The Labute approximate surface area is 116 Å². The quantitative estimate of drug-likeness (QED) is 0.853. The van der Waals surface area contributed by atoms with E-state index >= 15 is 0 Å². The Morgan fingerprint density at radius 2 is 1.68 bits per heavy atom. The summed E-state index contributed by atoms with van der Waals surface area (Å²) >= 11 is 0. The highest BCUT2D eigenvalue weighted by atomic mass is 14.6. The molecule has 2 N–H and O–H groups in total. The molecule has 0 spiro atoms. The number of fused-ring (bicyclic) bond motifs is 1. The zero-order valence-corrected chi connectivity index (χ0v) is 12.3. The van der Waals surface area contributed by atoms with E-state index in [9.17, 15) is 0 Å². The molecule has 0 aliphatic rings. The third-order valence-corrected chi connectivity index (χ3v) is 3.58. The summed E-state index contributed by atoms with van der Waals surface area (Å²) < 4.78 is 0. The second-order valence-corrected chi connectivity index (χ2v) is 6.75. The summed E-state index contributed by atoms with van der Waals surface area (Å²) in [5, 5.41) is 2.61. The van der Waals surface area contributed by atoms with Crippen molar-refractivity contribution in [1.82, 2.24) is 0 Å². The Morgan fingerprint density at radius 3 is 2.37 bits per heavy atom. The zero-order valence-electron chi connectivity index (χ0n) is 12.3. The van der Waals surface area contributed by atoms with Crippen LogP contribution in [0.4, 0.5) is 0 Å². The minimum Gasteiger partial charge on any atom is -0.327 e. The summed E-state index contributed by atoms with van der Waals surface area (Å²) in [6.45, 7) is 6.82. The van der Waals surface area contributed by atoms with Gasteiger partial charge >= 0.3 is 0 Å². The molecule has 0 heterocycles. The van der Waals surface area contributed by atoms with Crippen molar-refractivity contribution >= 4 is 10.8 Å². The summed E-state index contributed by atoms with van der Waals surface area (Å²) in [6, 6.07) is 15.4. The van der Waals surface area contributed by atoms with Gasteiger partial charge in [-0.2, -0.15) is 0 Å². The maximum Gasteiger partial charge on any atom is 0.00795 e. The molecule has 19 heavy (non-hydrogen) atoms. The first-order valence-electron chi connectivity index (χ1n) is 7.17. The first-order valence-corrected chi connectivity index (χ1v) is 7.17. The minimum absolute atomic E-state index is 0.264. The van der Waals surface area contributed by atoms with Crippen molar-refractivity contribution in [2.24, 2.45) is 11.1 Å². The lowest BCUT2D eigenvalue weighted by molar-refractivity contribution is 0.347. The van der Waals surface area contributed by atoms with Crippen molar-refractivity contribution in [2.45, 2.75) is 46.1 Å². The van der Waals surface area contributed by atoms with Crippen LogP contribution >= 0.6 is 0 Å². The van der Waals surface area contributed by atoms with Crippen molar-refractivity contribution in [3.63, 3.8) is 0 Å². The van der Waals surface area contributed by atoms with Gasteiger partial charge < -0.3 is 5.73 Å². The van der Waals surface area contributed by atoms with Crippen LogP contribution in [0.15, 0.2) is 42.5 Å². The van der Waals surface area contributed by atoms with Gasteiger partial charge in [0.05, 0.1) is 0 Å². The number of nitrogens with two attached hydrogens (primary N) is 1. The maximum absolute atomic E-state index is 6.26. The summed E-state index contributed by atoms with van der Waals surface area (Å²) in [6.07, 6.45) is 3.25. The zero-order chi connectivity index (χ0) is 13.9. The summed E-state index contributed by atoms with van der Waals surface area (Å²) in [5.41, 5.74) is 7.98. The van der Waals surface area contributed by atoms with Gasteiger partial charge in [-0.15, -0.1) is 0 Å². The van der Waals surface area contributed by atoms with E-state index in [2.05, 4.69) is 63.2 Å². The highest BCUT2D eigenvalue weighted by molar-refractivity contribution is 5.82. The SMILES string of the molecule is CC(C)(C)CCC(N)Cc1ccc2ccccc2c1. The molecule has 1 nitrogen and oxygen atoms in total. The van der Waals surface area contributed by atoms with E-state index < -0.39 is 0 Å². The second kappa shape index (κ2) is 5.75. The molecule has 1 atom stereocenters. The standard InChI is InChI=1S/C18H25N/c1-18(2,3)11-10-17(19)13-14-8-9-15-6-4-5-7-16(15)12-14/h4-9,12,17H,10-11,13,19H2,1-3H3. The van der Waals surface area contributed by atoms with E-state index in [-0.39, 0.29) is 6.04 Å². The van der Waals surface area contributed by atoms with Gasteiger partial charge in [-0.05, 0) is 41.0 Å². The average Bonchev–Trinajstić information content (AvgIpc) is 2.35. The van der Waals surface area contributed by atoms with Gasteiger partial charge in [0.2, 0.25) is 0 Å². The van der Waals surface area contributed by atoms with E-state index in [1.165, 1.54) is 22.8 Å². The summed E-state index contributed by atoms with van der Waals surface area (Å²) in [4.78, 5) is 0.